The van der Waals surface area contributed by atoms with Gasteiger partial charge < -0.3 is 4.90 Å². The lowest BCUT2D eigenvalue weighted by Crippen LogP contribution is -2.36. The second-order valence-electron chi connectivity index (χ2n) is 5.25. The van der Waals surface area contributed by atoms with Crippen molar-refractivity contribution in [2.45, 2.75) is 46.7 Å². The lowest BCUT2D eigenvalue weighted by molar-refractivity contribution is 0.185. The summed E-state index contributed by atoms with van der Waals surface area (Å²) in [5.74, 6) is 0. The smallest absolute Gasteiger partial charge is 0.0360 e. The first kappa shape index (κ1) is 17.0. The molecule has 18 heavy (non-hydrogen) atoms. The molecule has 0 saturated heterocycles. The van der Waals surface area contributed by atoms with Gasteiger partial charge in [0.2, 0.25) is 0 Å². The van der Waals surface area contributed by atoms with E-state index >= 15 is 0 Å². The summed E-state index contributed by atoms with van der Waals surface area (Å²) in [5, 5.41) is 0. The molecule has 0 radical (unpaired) electrons. The SMILES string of the molecule is CCN(C(C)C)C(C)C.CN(C)c1ccccc1. The molecule has 1 aromatic rings. The minimum Gasteiger partial charge on any atom is -0.378 e. The number of nitrogens with zero attached hydrogens (tertiary/aromatic N) is 2. The van der Waals surface area contributed by atoms with Gasteiger partial charge in [0.1, 0.15) is 0 Å². The fourth-order valence-corrected chi connectivity index (χ4v) is 2.05. The summed E-state index contributed by atoms with van der Waals surface area (Å²) in [7, 11) is 4.07. The van der Waals surface area contributed by atoms with Gasteiger partial charge in [0.25, 0.3) is 0 Å². The first-order valence-electron chi connectivity index (χ1n) is 6.88. The summed E-state index contributed by atoms with van der Waals surface area (Å²) in [6, 6.07) is 11.6. The third-order valence-corrected chi connectivity index (χ3v) is 2.96. The molecule has 0 fully saturated rings. The maximum Gasteiger partial charge on any atom is 0.0360 e. The number of hydrogen-bond acceptors (Lipinski definition) is 2. The monoisotopic (exact) mass is 250 g/mol. The summed E-state index contributed by atoms with van der Waals surface area (Å²) < 4.78 is 0. The molecule has 0 aromatic heterocycles. The Morgan fingerprint density at radius 3 is 1.50 bits per heavy atom. The molecule has 0 amide bonds. The predicted octanol–water partition coefficient (Wildman–Crippen LogP) is 3.88. The average molecular weight is 250 g/mol. The molecule has 104 valence electrons. The molecule has 0 unspecified atom stereocenters. The van der Waals surface area contributed by atoms with Crippen LogP contribution in [0.4, 0.5) is 5.69 Å². The molecule has 0 saturated carbocycles. The van der Waals surface area contributed by atoms with E-state index in [1.807, 2.05) is 32.3 Å². The van der Waals surface area contributed by atoms with Crippen LogP contribution in [0.15, 0.2) is 30.3 Å². The molecule has 0 aliphatic heterocycles. The molecule has 0 aliphatic carbocycles. The number of para-hydroxylation sites is 1. The summed E-state index contributed by atoms with van der Waals surface area (Å²) >= 11 is 0. The molecule has 1 aromatic carbocycles. The summed E-state index contributed by atoms with van der Waals surface area (Å²) in [4.78, 5) is 4.54. The Balaban J connectivity index is 0.000000321. The number of hydrogen-bond donors (Lipinski definition) is 0. The Kier molecular flexibility index (Phi) is 8.47. The highest BCUT2D eigenvalue weighted by Crippen LogP contribution is 2.07. The highest BCUT2D eigenvalue weighted by atomic mass is 15.2. The van der Waals surface area contributed by atoms with E-state index in [0.29, 0.717) is 12.1 Å². The standard InChI is InChI=1S/C8H11N.C8H19N/c1-9(2)8-6-4-3-5-7-8;1-6-9(7(2)3)8(4)5/h3-7H,1-2H3;7-8H,6H2,1-5H3. The van der Waals surface area contributed by atoms with Crippen molar-refractivity contribution < 1.29 is 0 Å². The van der Waals surface area contributed by atoms with Gasteiger partial charge in [0.05, 0.1) is 0 Å². The van der Waals surface area contributed by atoms with Gasteiger partial charge in [-0.25, -0.2) is 0 Å². The van der Waals surface area contributed by atoms with Crippen molar-refractivity contribution in [3.8, 4) is 0 Å². The van der Waals surface area contributed by atoms with Gasteiger partial charge >= 0.3 is 0 Å². The van der Waals surface area contributed by atoms with Crippen molar-refractivity contribution in [2.75, 3.05) is 25.5 Å². The van der Waals surface area contributed by atoms with Crippen molar-refractivity contribution in [1.29, 1.82) is 0 Å². The maximum absolute atomic E-state index is 2.46. The zero-order chi connectivity index (χ0) is 14.1. The van der Waals surface area contributed by atoms with Crippen molar-refractivity contribution in [2.24, 2.45) is 0 Å². The molecule has 0 spiro atoms. The molecule has 2 heteroatoms. The highest BCUT2D eigenvalue weighted by molar-refractivity contribution is 5.43. The molecule has 0 bridgehead atoms. The Labute approximate surface area is 114 Å². The van der Waals surface area contributed by atoms with Gasteiger partial charge in [-0.15, -0.1) is 0 Å². The van der Waals surface area contributed by atoms with Crippen LogP contribution in [0.25, 0.3) is 0 Å². The van der Waals surface area contributed by atoms with Crippen LogP contribution in [0.5, 0.6) is 0 Å². The van der Waals surface area contributed by atoms with Gasteiger partial charge in [-0.05, 0) is 46.4 Å². The van der Waals surface area contributed by atoms with Crippen LogP contribution in [-0.2, 0) is 0 Å². The van der Waals surface area contributed by atoms with E-state index in [2.05, 4.69) is 56.6 Å². The molecule has 1 rings (SSSR count). The normalized spacial score (nSPS) is 10.6. The van der Waals surface area contributed by atoms with Crippen molar-refractivity contribution in [1.82, 2.24) is 4.90 Å². The van der Waals surface area contributed by atoms with Crippen LogP contribution in [0.1, 0.15) is 34.6 Å². The molecular formula is C16H30N2. The second-order valence-corrected chi connectivity index (χ2v) is 5.25. The highest BCUT2D eigenvalue weighted by Gasteiger charge is 2.08. The molecular weight excluding hydrogens is 220 g/mol. The molecule has 0 N–H and O–H groups in total. The first-order valence-corrected chi connectivity index (χ1v) is 6.88. The van der Waals surface area contributed by atoms with Gasteiger partial charge in [0.15, 0.2) is 0 Å². The second kappa shape index (κ2) is 8.98. The van der Waals surface area contributed by atoms with E-state index in [1.165, 1.54) is 5.69 Å². The van der Waals surface area contributed by atoms with Gasteiger partial charge in [0, 0.05) is 31.9 Å². The molecule has 0 heterocycles. The fourth-order valence-electron chi connectivity index (χ4n) is 2.05. The van der Waals surface area contributed by atoms with Crippen LogP contribution in [0.2, 0.25) is 0 Å². The van der Waals surface area contributed by atoms with E-state index in [4.69, 9.17) is 0 Å². The largest absolute Gasteiger partial charge is 0.378 e. The van der Waals surface area contributed by atoms with Gasteiger partial charge in [-0.2, -0.15) is 0 Å². The Morgan fingerprint density at radius 1 is 0.889 bits per heavy atom. The summed E-state index contributed by atoms with van der Waals surface area (Å²) in [6.07, 6.45) is 0. The topological polar surface area (TPSA) is 6.48 Å². The van der Waals surface area contributed by atoms with E-state index in [1.54, 1.807) is 0 Å². The zero-order valence-corrected chi connectivity index (χ0v) is 13.1. The van der Waals surface area contributed by atoms with Crippen LogP contribution >= 0.6 is 0 Å². The van der Waals surface area contributed by atoms with Gasteiger partial charge in [-0.3, -0.25) is 4.90 Å². The predicted molar refractivity (Wildman–Crippen MR) is 83.4 cm³/mol. The lowest BCUT2D eigenvalue weighted by Gasteiger charge is -2.28. The Hall–Kier alpha value is -1.02. The van der Waals surface area contributed by atoms with Crippen molar-refractivity contribution in [3.63, 3.8) is 0 Å². The Bertz CT molecular complexity index is 283. The molecule has 0 atom stereocenters. The van der Waals surface area contributed by atoms with Crippen LogP contribution < -0.4 is 4.90 Å². The molecule has 0 aliphatic rings. The minimum absolute atomic E-state index is 0.690. The quantitative estimate of drug-likeness (QED) is 0.800. The van der Waals surface area contributed by atoms with Crippen molar-refractivity contribution >= 4 is 5.69 Å². The minimum atomic E-state index is 0.690. The van der Waals surface area contributed by atoms with E-state index < -0.39 is 0 Å². The average Bonchev–Trinajstić information content (AvgIpc) is 2.30. The summed E-state index contributed by atoms with van der Waals surface area (Å²) in [5.41, 5.74) is 1.25. The first-order chi connectivity index (χ1) is 8.40. The Morgan fingerprint density at radius 2 is 1.33 bits per heavy atom. The van der Waals surface area contributed by atoms with E-state index in [0.717, 1.165) is 6.54 Å². The lowest BCUT2D eigenvalue weighted by atomic mass is 10.2. The number of rotatable bonds is 4. The third kappa shape index (κ3) is 6.65. The summed E-state index contributed by atoms with van der Waals surface area (Å²) in [6.45, 7) is 12.3. The number of anilines is 1. The maximum atomic E-state index is 2.46. The van der Waals surface area contributed by atoms with Crippen LogP contribution in [-0.4, -0.2) is 37.6 Å². The zero-order valence-electron chi connectivity index (χ0n) is 13.1. The van der Waals surface area contributed by atoms with E-state index in [-0.39, 0.29) is 0 Å². The van der Waals surface area contributed by atoms with Crippen LogP contribution in [0, 0.1) is 0 Å². The third-order valence-electron chi connectivity index (χ3n) is 2.96. The fraction of sp³-hybridized carbons (Fsp3) is 0.625. The van der Waals surface area contributed by atoms with Crippen molar-refractivity contribution in [3.05, 3.63) is 30.3 Å². The number of benzene rings is 1. The van der Waals surface area contributed by atoms with E-state index in [9.17, 15) is 0 Å². The van der Waals surface area contributed by atoms with Crippen LogP contribution in [0.3, 0.4) is 0 Å². The van der Waals surface area contributed by atoms with Gasteiger partial charge in [-0.1, -0.05) is 25.1 Å². The molecule has 2 nitrogen and oxygen atoms in total.